The van der Waals surface area contributed by atoms with Crippen molar-refractivity contribution >= 4 is 17.8 Å². The maximum Gasteiger partial charge on any atom is 0.305 e. The third-order valence-electron chi connectivity index (χ3n) is 8.47. The molecule has 0 aromatic heterocycles. The van der Waals surface area contributed by atoms with Crippen LogP contribution in [0.15, 0.2) is 0 Å². The molecule has 1 saturated carbocycles. The number of rotatable bonds is 16. The lowest BCUT2D eigenvalue weighted by Crippen LogP contribution is -2.60. The van der Waals surface area contributed by atoms with Crippen molar-refractivity contribution in [3.05, 3.63) is 0 Å². The van der Waals surface area contributed by atoms with Crippen LogP contribution in [0.25, 0.3) is 0 Å². The molecule has 39 heavy (non-hydrogen) atoms. The number of hydrogen-bond donors (Lipinski definition) is 3. The Morgan fingerprint density at radius 3 is 2.21 bits per heavy atom. The normalized spacial score (nSPS) is 25.8. The quantitative estimate of drug-likeness (QED) is 0.203. The molecule has 8 nitrogen and oxygen atoms in total. The summed E-state index contributed by atoms with van der Waals surface area (Å²) < 4.78 is 11.7. The summed E-state index contributed by atoms with van der Waals surface area (Å²) in [4.78, 5) is 38.4. The predicted octanol–water partition coefficient (Wildman–Crippen LogP) is 5.97. The number of carboxylic acid groups (broad SMARTS) is 1. The largest absolute Gasteiger partial charge is 0.481 e. The molecule has 3 N–H and O–H groups in total. The van der Waals surface area contributed by atoms with Gasteiger partial charge in [0.05, 0.1) is 13.0 Å². The molecule has 0 radical (unpaired) electrons. The van der Waals surface area contributed by atoms with E-state index in [0.29, 0.717) is 6.61 Å². The Labute approximate surface area is 236 Å². The smallest absolute Gasteiger partial charge is 0.305 e. The van der Waals surface area contributed by atoms with E-state index in [0.717, 1.165) is 44.9 Å². The second kappa shape index (κ2) is 15.9. The van der Waals surface area contributed by atoms with Crippen LogP contribution in [0.2, 0.25) is 0 Å². The van der Waals surface area contributed by atoms with E-state index in [2.05, 4.69) is 17.6 Å². The van der Waals surface area contributed by atoms with Crippen LogP contribution in [-0.2, 0) is 23.9 Å². The molecule has 1 heterocycles. The Morgan fingerprint density at radius 1 is 0.949 bits per heavy atom. The van der Waals surface area contributed by atoms with Gasteiger partial charge in [-0.2, -0.15) is 0 Å². The average Bonchev–Trinajstić information content (AvgIpc) is 2.86. The lowest BCUT2D eigenvalue weighted by molar-refractivity contribution is -0.304. The van der Waals surface area contributed by atoms with Crippen molar-refractivity contribution in [1.29, 1.82) is 0 Å². The van der Waals surface area contributed by atoms with E-state index >= 15 is 0 Å². The maximum atomic E-state index is 13.4. The molecule has 0 aromatic rings. The Bertz CT molecular complexity index is 783. The second-order valence-corrected chi connectivity index (χ2v) is 13.1. The Kier molecular flexibility index (Phi) is 13.7. The number of hydrogen-bond acceptors (Lipinski definition) is 5. The second-order valence-electron chi connectivity index (χ2n) is 13.1. The van der Waals surface area contributed by atoms with E-state index < -0.39 is 29.3 Å². The van der Waals surface area contributed by atoms with E-state index in [-0.39, 0.29) is 36.1 Å². The molecular formula is C31H56N2O6. The highest BCUT2D eigenvalue weighted by Crippen LogP contribution is 2.36. The molecule has 8 heteroatoms. The van der Waals surface area contributed by atoms with E-state index in [9.17, 15) is 19.5 Å². The molecule has 5 atom stereocenters. The summed E-state index contributed by atoms with van der Waals surface area (Å²) in [6.07, 6.45) is 13.3. The van der Waals surface area contributed by atoms with Crippen LogP contribution in [0.5, 0.6) is 0 Å². The molecule has 0 bridgehead atoms. The van der Waals surface area contributed by atoms with Crippen molar-refractivity contribution in [2.75, 3.05) is 6.61 Å². The van der Waals surface area contributed by atoms with Gasteiger partial charge in [0.25, 0.3) is 0 Å². The van der Waals surface area contributed by atoms with Crippen LogP contribution < -0.4 is 10.6 Å². The highest BCUT2D eigenvalue weighted by molar-refractivity contribution is 5.83. The first-order valence-corrected chi connectivity index (χ1v) is 15.5. The van der Waals surface area contributed by atoms with Gasteiger partial charge in [-0.1, -0.05) is 91.9 Å². The van der Waals surface area contributed by atoms with Crippen molar-refractivity contribution in [2.45, 2.75) is 155 Å². The molecule has 2 amide bonds. The minimum absolute atomic E-state index is 0.0332. The summed E-state index contributed by atoms with van der Waals surface area (Å²) in [5.74, 6) is -2.38. The minimum atomic E-state index is -0.966. The number of carbonyl (C=O) groups is 3. The molecule has 226 valence electrons. The summed E-state index contributed by atoms with van der Waals surface area (Å²) in [6.45, 7) is 12.0. The summed E-state index contributed by atoms with van der Waals surface area (Å²) in [5.41, 5.74) is -0.557. The first kappa shape index (κ1) is 33.5. The number of ether oxygens (including phenoxy) is 2. The number of carbonyl (C=O) groups excluding carboxylic acids is 2. The fourth-order valence-corrected chi connectivity index (χ4v) is 5.94. The van der Waals surface area contributed by atoms with Gasteiger partial charge in [-0.05, 0) is 39.0 Å². The zero-order valence-corrected chi connectivity index (χ0v) is 25.5. The van der Waals surface area contributed by atoms with E-state index in [1.165, 1.54) is 38.5 Å². The van der Waals surface area contributed by atoms with Crippen molar-refractivity contribution < 1.29 is 29.0 Å². The number of aliphatic carboxylic acids is 1. The predicted molar refractivity (Wildman–Crippen MR) is 153 cm³/mol. The number of amides is 2. The fourth-order valence-electron chi connectivity index (χ4n) is 5.94. The number of carboxylic acids is 1. The van der Waals surface area contributed by atoms with E-state index in [1.807, 2.05) is 20.8 Å². The van der Waals surface area contributed by atoms with Gasteiger partial charge in [0.2, 0.25) is 11.8 Å². The van der Waals surface area contributed by atoms with Crippen LogP contribution in [0.1, 0.15) is 131 Å². The van der Waals surface area contributed by atoms with E-state index in [4.69, 9.17) is 9.47 Å². The first-order chi connectivity index (χ1) is 18.4. The Morgan fingerprint density at radius 2 is 1.56 bits per heavy atom. The topological polar surface area (TPSA) is 114 Å². The molecule has 1 aliphatic heterocycles. The molecule has 0 aromatic carbocycles. The van der Waals surface area contributed by atoms with Crippen LogP contribution in [-0.4, -0.2) is 53.5 Å². The van der Waals surface area contributed by atoms with Crippen molar-refractivity contribution in [3.8, 4) is 0 Å². The standard InChI is InChI=1S/C31H56N2O6/c1-7-8-9-10-11-12-13-14-17-22(2)28(36)32-24-19-16-15-18-23(24)25(20-26(34)35)33-29(37)27-30(3,4)21-38-31(5,6)39-27/h22-25,27H,7-21H2,1-6H3,(H,32,36)(H,33,37)(H,34,35). The summed E-state index contributed by atoms with van der Waals surface area (Å²) in [5, 5.41) is 16.0. The molecule has 2 rings (SSSR count). The first-order valence-electron chi connectivity index (χ1n) is 15.5. The summed E-state index contributed by atoms with van der Waals surface area (Å²) in [7, 11) is 0. The van der Waals surface area contributed by atoms with Crippen molar-refractivity contribution in [1.82, 2.24) is 10.6 Å². The minimum Gasteiger partial charge on any atom is -0.481 e. The summed E-state index contributed by atoms with van der Waals surface area (Å²) >= 11 is 0. The van der Waals surface area contributed by atoms with Gasteiger partial charge in [-0.15, -0.1) is 0 Å². The average molecular weight is 553 g/mol. The molecule has 2 aliphatic rings. The lowest BCUT2D eigenvalue weighted by Gasteiger charge is -2.45. The van der Waals surface area contributed by atoms with Crippen molar-refractivity contribution in [2.24, 2.45) is 17.3 Å². The van der Waals surface area contributed by atoms with E-state index in [1.54, 1.807) is 13.8 Å². The highest BCUT2D eigenvalue weighted by Gasteiger charge is 2.47. The molecule has 1 aliphatic carbocycles. The van der Waals surface area contributed by atoms with Crippen LogP contribution >= 0.6 is 0 Å². The molecular weight excluding hydrogens is 496 g/mol. The molecule has 2 fully saturated rings. The lowest BCUT2D eigenvalue weighted by atomic mass is 9.77. The van der Waals surface area contributed by atoms with Gasteiger partial charge in [0.15, 0.2) is 5.79 Å². The van der Waals surface area contributed by atoms with Gasteiger partial charge in [0.1, 0.15) is 6.10 Å². The maximum absolute atomic E-state index is 13.4. The third kappa shape index (κ3) is 11.4. The van der Waals surface area contributed by atoms with Gasteiger partial charge in [-0.3, -0.25) is 14.4 Å². The van der Waals surface area contributed by atoms with Crippen molar-refractivity contribution in [3.63, 3.8) is 0 Å². The Hall–Kier alpha value is -1.67. The fraction of sp³-hybridized carbons (Fsp3) is 0.903. The third-order valence-corrected chi connectivity index (χ3v) is 8.47. The van der Waals surface area contributed by atoms with Gasteiger partial charge >= 0.3 is 5.97 Å². The SMILES string of the molecule is CCCCCCCCCCC(C)C(=O)NC1CCCCC1C(CC(=O)O)NC(=O)C1OC(C)(C)OCC1(C)C. The monoisotopic (exact) mass is 552 g/mol. The number of nitrogens with one attached hydrogen (secondary N) is 2. The zero-order valence-electron chi connectivity index (χ0n) is 25.5. The molecule has 1 saturated heterocycles. The highest BCUT2D eigenvalue weighted by atomic mass is 16.7. The number of unbranched alkanes of at least 4 members (excludes halogenated alkanes) is 7. The van der Waals surface area contributed by atoms with Crippen LogP contribution in [0.4, 0.5) is 0 Å². The van der Waals surface area contributed by atoms with Gasteiger partial charge < -0.3 is 25.2 Å². The Balaban J connectivity index is 1.96. The van der Waals surface area contributed by atoms with Crippen LogP contribution in [0.3, 0.4) is 0 Å². The zero-order chi connectivity index (χ0) is 29.1. The summed E-state index contributed by atoms with van der Waals surface area (Å²) in [6, 6.07) is -0.744. The molecule has 0 spiro atoms. The van der Waals surface area contributed by atoms with Gasteiger partial charge in [-0.25, -0.2) is 0 Å². The molecule has 5 unspecified atom stereocenters. The van der Waals surface area contributed by atoms with Crippen LogP contribution in [0, 0.1) is 17.3 Å². The van der Waals surface area contributed by atoms with Gasteiger partial charge in [0, 0.05) is 23.4 Å².